The van der Waals surface area contributed by atoms with Crippen LogP contribution in [-0.2, 0) is 12.0 Å². The number of benzene rings is 1. The Kier molecular flexibility index (Phi) is 3.90. The molecule has 0 amide bonds. The highest BCUT2D eigenvalue weighted by molar-refractivity contribution is 9.10. The van der Waals surface area contributed by atoms with Crippen molar-refractivity contribution in [3.63, 3.8) is 0 Å². The summed E-state index contributed by atoms with van der Waals surface area (Å²) in [6.45, 7) is 6.63. The number of halogens is 1. The first-order chi connectivity index (χ1) is 8.41. The number of hydrogen-bond donors (Lipinski definition) is 1. The second-order valence-electron chi connectivity index (χ2n) is 5.22. The van der Waals surface area contributed by atoms with Crippen LogP contribution in [0.2, 0.25) is 0 Å². The van der Waals surface area contributed by atoms with E-state index in [-0.39, 0.29) is 12.0 Å². The lowest BCUT2D eigenvalue weighted by atomic mass is 9.87. The van der Waals surface area contributed by atoms with Crippen LogP contribution in [-0.4, -0.2) is 10.1 Å². The van der Waals surface area contributed by atoms with E-state index in [0.717, 1.165) is 20.1 Å². The standard InChI is InChI=1S/C14H16BrNOS/c1-14(2,3)10-6-4-9(5-7-10)13-16-12(15)11(8-17)18-13/h4-7,17H,8H2,1-3H3. The van der Waals surface area contributed by atoms with Gasteiger partial charge in [0.1, 0.15) is 9.61 Å². The molecule has 1 N–H and O–H groups in total. The molecule has 0 spiro atoms. The SMILES string of the molecule is CC(C)(C)c1ccc(-c2nc(Br)c(CO)s2)cc1. The van der Waals surface area contributed by atoms with Crippen LogP contribution in [0.25, 0.3) is 10.6 Å². The van der Waals surface area contributed by atoms with E-state index >= 15 is 0 Å². The monoisotopic (exact) mass is 325 g/mol. The molecule has 96 valence electrons. The Bertz CT molecular complexity index is 540. The highest BCUT2D eigenvalue weighted by Gasteiger charge is 2.14. The maximum atomic E-state index is 9.17. The highest BCUT2D eigenvalue weighted by atomic mass is 79.9. The Morgan fingerprint density at radius 3 is 2.28 bits per heavy atom. The van der Waals surface area contributed by atoms with Crippen molar-refractivity contribution in [1.82, 2.24) is 4.98 Å². The minimum absolute atomic E-state index is 0.0261. The summed E-state index contributed by atoms with van der Waals surface area (Å²) in [5.41, 5.74) is 2.57. The van der Waals surface area contributed by atoms with Gasteiger partial charge in [-0.05, 0) is 26.9 Å². The second-order valence-corrected chi connectivity index (χ2v) is 7.05. The van der Waals surface area contributed by atoms with Gasteiger partial charge in [-0.2, -0.15) is 0 Å². The van der Waals surface area contributed by atoms with E-state index in [2.05, 4.69) is 66.0 Å². The summed E-state index contributed by atoms with van der Waals surface area (Å²) >= 11 is 4.88. The predicted octanol–water partition coefficient (Wildman–Crippen LogP) is 4.36. The van der Waals surface area contributed by atoms with Gasteiger partial charge in [-0.3, -0.25) is 0 Å². The molecule has 2 nitrogen and oxygen atoms in total. The van der Waals surface area contributed by atoms with Crippen molar-refractivity contribution in [3.05, 3.63) is 39.3 Å². The number of rotatable bonds is 2. The summed E-state index contributed by atoms with van der Waals surface area (Å²) in [5, 5.41) is 10.1. The zero-order chi connectivity index (χ0) is 13.3. The third-order valence-electron chi connectivity index (χ3n) is 2.79. The molecule has 0 aliphatic rings. The van der Waals surface area contributed by atoms with Gasteiger partial charge in [-0.1, -0.05) is 45.0 Å². The largest absolute Gasteiger partial charge is 0.391 e. The lowest BCUT2D eigenvalue weighted by Crippen LogP contribution is -2.10. The minimum Gasteiger partial charge on any atom is -0.391 e. The molecular weight excluding hydrogens is 310 g/mol. The van der Waals surface area contributed by atoms with Crippen LogP contribution < -0.4 is 0 Å². The summed E-state index contributed by atoms with van der Waals surface area (Å²) in [6, 6.07) is 8.46. The summed E-state index contributed by atoms with van der Waals surface area (Å²) in [5.74, 6) is 0. The van der Waals surface area contributed by atoms with Crippen LogP contribution in [0, 0.1) is 0 Å². The second kappa shape index (κ2) is 5.11. The van der Waals surface area contributed by atoms with Crippen LogP contribution in [0.5, 0.6) is 0 Å². The molecule has 1 aromatic heterocycles. The van der Waals surface area contributed by atoms with E-state index in [9.17, 15) is 0 Å². The highest BCUT2D eigenvalue weighted by Crippen LogP contribution is 2.32. The fraction of sp³-hybridized carbons (Fsp3) is 0.357. The fourth-order valence-electron chi connectivity index (χ4n) is 1.67. The summed E-state index contributed by atoms with van der Waals surface area (Å²) in [4.78, 5) is 5.28. The Balaban J connectivity index is 2.34. The molecule has 4 heteroatoms. The molecular formula is C14H16BrNOS. The van der Waals surface area contributed by atoms with Gasteiger partial charge >= 0.3 is 0 Å². The maximum Gasteiger partial charge on any atom is 0.125 e. The zero-order valence-corrected chi connectivity index (χ0v) is 13.1. The van der Waals surface area contributed by atoms with Crippen LogP contribution in [0.4, 0.5) is 0 Å². The van der Waals surface area contributed by atoms with Crippen molar-refractivity contribution >= 4 is 27.3 Å². The van der Waals surface area contributed by atoms with Crippen LogP contribution in [0.15, 0.2) is 28.9 Å². The topological polar surface area (TPSA) is 33.1 Å². The van der Waals surface area contributed by atoms with Gasteiger partial charge in [0.05, 0.1) is 11.5 Å². The van der Waals surface area contributed by atoms with Gasteiger partial charge in [0, 0.05) is 5.56 Å². The van der Waals surface area contributed by atoms with E-state index in [0.29, 0.717) is 0 Å². The van der Waals surface area contributed by atoms with Crippen LogP contribution in [0.1, 0.15) is 31.2 Å². The number of nitrogens with zero attached hydrogens (tertiary/aromatic N) is 1. The normalized spacial score (nSPS) is 11.8. The van der Waals surface area contributed by atoms with Crippen molar-refractivity contribution in [2.45, 2.75) is 32.8 Å². The predicted molar refractivity (Wildman–Crippen MR) is 79.9 cm³/mol. The van der Waals surface area contributed by atoms with E-state index in [1.165, 1.54) is 16.9 Å². The molecule has 1 aromatic carbocycles. The van der Waals surface area contributed by atoms with Gasteiger partial charge in [0.15, 0.2) is 0 Å². The fourth-order valence-corrected chi connectivity index (χ4v) is 3.15. The van der Waals surface area contributed by atoms with Crippen molar-refractivity contribution in [2.75, 3.05) is 0 Å². The third kappa shape index (κ3) is 2.82. The average Bonchev–Trinajstić information content (AvgIpc) is 2.69. The number of aliphatic hydroxyl groups excluding tert-OH is 1. The van der Waals surface area contributed by atoms with Crippen LogP contribution in [0.3, 0.4) is 0 Å². The molecule has 0 radical (unpaired) electrons. The Labute approximate surface area is 120 Å². The first kappa shape index (κ1) is 13.7. The Morgan fingerprint density at radius 2 is 1.83 bits per heavy atom. The third-order valence-corrected chi connectivity index (χ3v) is 4.80. The minimum atomic E-state index is 0.0261. The molecule has 0 bridgehead atoms. The molecule has 0 atom stereocenters. The molecule has 2 rings (SSSR count). The van der Waals surface area contributed by atoms with Gasteiger partial charge in [0.25, 0.3) is 0 Å². The van der Waals surface area contributed by atoms with Gasteiger partial charge in [-0.15, -0.1) is 11.3 Å². The number of hydrogen-bond acceptors (Lipinski definition) is 3. The van der Waals surface area contributed by atoms with Gasteiger partial charge in [0.2, 0.25) is 0 Å². The van der Waals surface area contributed by atoms with Gasteiger partial charge in [-0.25, -0.2) is 4.98 Å². The lowest BCUT2D eigenvalue weighted by Gasteiger charge is -2.18. The van der Waals surface area contributed by atoms with E-state index in [1.54, 1.807) is 0 Å². The first-order valence-electron chi connectivity index (χ1n) is 5.79. The van der Waals surface area contributed by atoms with Crippen molar-refractivity contribution < 1.29 is 5.11 Å². The lowest BCUT2D eigenvalue weighted by molar-refractivity contribution is 0.284. The quantitative estimate of drug-likeness (QED) is 0.889. The molecule has 0 unspecified atom stereocenters. The van der Waals surface area contributed by atoms with Crippen molar-refractivity contribution in [3.8, 4) is 10.6 Å². The van der Waals surface area contributed by atoms with E-state index in [4.69, 9.17) is 5.11 Å². The van der Waals surface area contributed by atoms with E-state index < -0.39 is 0 Å². The smallest absolute Gasteiger partial charge is 0.125 e. The summed E-state index contributed by atoms with van der Waals surface area (Å²) < 4.78 is 0.741. The Hall–Kier alpha value is -0.710. The molecule has 18 heavy (non-hydrogen) atoms. The Morgan fingerprint density at radius 1 is 1.22 bits per heavy atom. The number of aromatic nitrogens is 1. The number of aliphatic hydroxyl groups is 1. The molecule has 0 aliphatic heterocycles. The summed E-state index contributed by atoms with van der Waals surface area (Å²) in [7, 11) is 0. The molecule has 0 fully saturated rings. The van der Waals surface area contributed by atoms with E-state index in [1.807, 2.05) is 0 Å². The molecule has 0 saturated heterocycles. The first-order valence-corrected chi connectivity index (χ1v) is 7.40. The zero-order valence-electron chi connectivity index (χ0n) is 10.7. The molecule has 2 aromatic rings. The molecule has 0 saturated carbocycles. The summed E-state index contributed by atoms with van der Waals surface area (Å²) in [6.07, 6.45) is 0. The maximum absolute atomic E-state index is 9.17. The van der Waals surface area contributed by atoms with Crippen LogP contribution >= 0.6 is 27.3 Å². The molecule has 0 aliphatic carbocycles. The van der Waals surface area contributed by atoms with Crippen molar-refractivity contribution in [2.24, 2.45) is 0 Å². The number of thiazole rings is 1. The average molecular weight is 326 g/mol. The molecule has 1 heterocycles. The van der Waals surface area contributed by atoms with Crippen molar-refractivity contribution in [1.29, 1.82) is 0 Å². The van der Waals surface area contributed by atoms with Gasteiger partial charge < -0.3 is 5.11 Å².